The maximum atomic E-state index is 5.44. The number of benzene rings is 13. The second-order valence-corrected chi connectivity index (χ2v) is 23.1. The molecule has 2 aliphatic rings. The first-order valence-electron chi connectivity index (χ1n) is 30.4. The lowest BCUT2D eigenvalue weighted by Gasteiger charge is -2.44. The number of rotatable bonds is 9. The average Bonchev–Trinajstić information content (AvgIpc) is 1.67. The molecular formula is C81H52BN7. The molecule has 0 N–H and O–H groups in total. The first kappa shape index (κ1) is 50.5. The summed E-state index contributed by atoms with van der Waals surface area (Å²) in [6, 6.07) is 114. The molecule has 7 nitrogen and oxygen atoms in total. The molecule has 0 saturated heterocycles. The molecule has 0 aliphatic carbocycles. The van der Waals surface area contributed by atoms with Crippen molar-refractivity contribution in [2.45, 2.75) is 0 Å². The van der Waals surface area contributed by atoms with Crippen LogP contribution >= 0.6 is 0 Å². The predicted molar refractivity (Wildman–Crippen MR) is 370 cm³/mol. The maximum Gasteiger partial charge on any atom is 0.252 e. The molecule has 0 unspecified atom stereocenters. The monoisotopic (exact) mass is 1130 g/mol. The Morgan fingerprint density at radius 2 is 0.685 bits per heavy atom. The fourth-order valence-corrected chi connectivity index (χ4v) is 14.3. The smallest absolute Gasteiger partial charge is 0.252 e. The van der Waals surface area contributed by atoms with Crippen molar-refractivity contribution in [3.8, 4) is 67.8 Å². The third kappa shape index (κ3) is 8.04. The van der Waals surface area contributed by atoms with Crippen LogP contribution in [0.3, 0.4) is 0 Å². The Labute approximate surface area is 515 Å². The zero-order chi connectivity index (χ0) is 58.5. The molecule has 8 heteroatoms. The molecule has 0 atom stereocenters. The van der Waals surface area contributed by atoms with Crippen LogP contribution in [0.5, 0.6) is 0 Å². The van der Waals surface area contributed by atoms with Crippen LogP contribution in [0.4, 0.5) is 34.1 Å². The summed E-state index contributed by atoms with van der Waals surface area (Å²) in [5.74, 6) is 1.79. The quantitative estimate of drug-likeness (QED) is 0.135. The molecule has 414 valence electrons. The van der Waals surface area contributed by atoms with Crippen LogP contribution in [0.25, 0.3) is 111 Å². The molecule has 0 fully saturated rings. The summed E-state index contributed by atoms with van der Waals surface area (Å²) in [5, 5.41) is 4.72. The molecule has 0 amide bonds. The van der Waals surface area contributed by atoms with E-state index >= 15 is 0 Å². The molecule has 16 aromatic rings. The van der Waals surface area contributed by atoms with Gasteiger partial charge in [0.25, 0.3) is 6.71 Å². The Balaban J connectivity index is 0.829. The highest BCUT2D eigenvalue weighted by Crippen LogP contribution is 2.47. The van der Waals surface area contributed by atoms with Gasteiger partial charge in [0.1, 0.15) is 0 Å². The molecule has 2 aliphatic heterocycles. The van der Waals surface area contributed by atoms with Crippen molar-refractivity contribution in [2.75, 3.05) is 9.80 Å². The highest BCUT2D eigenvalue weighted by molar-refractivity contribution is 7.00. The van der Waals surface area contributed by atoms with Crippen LogP contribution in [-0.4, -0.2) is 30.8 Å². The van der Waals surface area contributed by atoms with Gasteiger partial charge in [-0.3, -0.25) is 0 Å². The summed E-state index contributed by atoms with van der Waals surface area (Å²) in [6.45, 7) is 0.0709. The minimum absolute atomic E-state index is 0.0709. The van der Waals surface area contributed by atoms with E-state index in [-0.39, 0.29) is 6.71 Å². The highest BCUT2D eigenvalue weighted by Gasteiger charge is 2.43. The van der Waals surface area contributed by atoms with Gasteiger partial charge in [-0.15, -0.1) is 0 Å². The summed E-state index contributed by atoms with van der Waals surface area (Å²) >= 11 is 0. The lowest BCUT2D eigenvalue weighted by molar-refractivity contribution is 1.06. The Kier molecular flexibility index (Phi) is 11.6. The number of para-hydroxylation sites is 7. The number of nitrogens with zero attached hydrogens (tertiary/aromatic N) is 7. The van der Waals surface area contributed by atoms with E-state index in [9.17, 15) is 0 Å². The molecule has 0 spiro atoms. The van der Waals surface area contributed by atoms with E-state index in [4.69, 9.17) is 15.0 Å². The average molecular weight is 1130 g/mol. The third-order valence-electron chi connectivity index (χ3n) is 18.1. The van der Waals surface area contributed by atoms with Gasteiger partial charge >= 0.3 is 0 Å². The molecule has 0 bridgehead atoms. The summed E-state index contributed by atoms with van der Waals surface area (Å²) in [5.41, 5.74) is 24.4. The minimum atomic E-state index is 0.0709. The number of aromatic nitrogens is 5. The largest absolute Gasteiger partial charge is 0.311 e. The molecule has 5 heterocycles. The number of hydrogen-bond acceptors (Lipinski definition) is 5. The summed E-state index contributed by atoms with van der Waals surface area (Å²) in [6.07, 6.45) is 0. The van der Waals surface area contributed by atoms with Crippen molar-refractivity contribution >= 4 is 101 Å². The second-order valence-electron chi connectivity index (χ2n) is 23.1. The molecule has 18 rings (SSSR count). The summed E-state index contributed by atoms with van der Waals surface area (Å²) in [4.78, 5) is 20.9. The van der Waals surface area contributed by atoms with E-state index in [1.54, 1.807) is 0 Å². The van der Waals surface area contributed by atoms with Gasteiger partial charge in [0, 0.05) is 83.6 Å². The number of fused-ring (bicyclic) bond motifs is 10. The van der Waals surface area contributed by atoms with Crippen LogP contribution in [0, 0.1) is 0 Å². The number of anilines is 6. The van der Waals surface area contributed by atoms with Gasteiger partial charge in [-0.25, -0.2) is 15.0 Å². The maximum absolute atomic E-state index is 5.44. The van der Waals surface area contributed by atoms with Crippen LogP contribution in [-0.2, 0) is 0 Å². The van der Waals surface area contributed by atoms with E-state index in [2.05, 4.69) is 298 Å². The molecule has 0 saturated carbocycles. The normalized spacial score (nSPS) is 12.4. The Morgan fingerprint density at radius 3 is 1.30 bits per heavy atom. The van der Waals surface area contributed by atoms with E-state index in [1.165, 1.54) is 49.9 Å². The van der Waals surface area contributed by atoms with Crippen LogP contribution < -0.4 is 26.2 Å². The minimum Gasteiger partial charge on any atom is -0.311 e. The van der Waals surface area contributed by atoms with Crippen molar-refractivity contribution in [3.05, 3.63) is 315 Å². The summed E-state index contributed by atoms with van der Waals surface area (Å²) in [7, 11) is 0. The van der Waals surface area contributed by atoms with Gasteiger partial charge < -0.3 is 18.9 Å². The Bertz CT molecular complexity index is 5390. The van der Waals surface area contributed by atoms with Gasteiger partial charge in [0.15, 0.2) is 17.5 Å². The highest BCUT2D eigenvalue weighted by atomic mass is 15.2. The molecule has 13 aromatic carbocycles. The topological polar surface area (TPSA) is 55.0 Å². The van der Waals surface area contributed by atoms with Crippen LogP contribution in [0.2, 0.25) is 0 Å². The third-order valence-corrected chi connectivity index (χ3v) is 18.1. The van der Waals surface area contributed by atoms with E-state index in [1.807, 2.05) is 36.4 Å². The van der Waals surface area contributed by atoms with Crippen molar-refractivity contribution in [2.24, 2.45) is 0 Å². The SMILES string of the molecule is c1ccc(-c2nc(-c3ccccc3)nc(-c3cccc(-c4cccc(-c5ccc(N6c7ccccc7B7c8ccccc8N(c8ccccc8)c8cccc6c87)cc5)c4)c3-n3c4ccccc4c4cc5c6ccccc6n(-c6ccccc6)c5cc43)n2)cc1. The van der Waals surface area contributed by atoms with Gasteiger partial charge in [0.2, 0.25) is 0 Å². The fourth-order valence-electron chi connectivity index (χ4n) is 14.3. The zero-order valence-corrected chi connectivity index (χ0v) is 48.2. The van der Waals surface area contributed by atoms with E-state index < -0.39 is 0 Å². The molecular weight excluding hydrogens is 1080 g/mol. The molecule has 89 heavy (non-hydrogen) atoms. The zero-order valence-electron chi connectivity index (χ0n) is 48.2. The van der Waals surface area contributed by atoms with Crippen LogP contribution in [0.1, 0.15) is 0 Å². The van der Waals surface area contributed by atoms with E-state index in [0.29, 0.717) is 17.5 Å². The number of hydrogen-bond donors (Lipinski definition) is 0. The van der Waals surface area contributed by atoms with Gasteiger partial charge in [-0.05, 0) is 130 Å². The van der Waals surface area contributed by atoms with E-state index in [0.717, 1.165) is 94.5 Å². The predicted octanol–water partition coefficient (Wildman–Crippen LogP) is 18.5. The van der Waals surface area contributed by atoms with Crippen LogP contribution in [0.15, 0.2) is 315 Å². The molecule has 3 aromatic heterocycles. The van der Waals surface area contributed by atoms with Crippen molar-refractivity contribution in [1.82, 2.24) is 24.1 Å². The first-order chi connectivity index (χ1) is 44.2. The van der Waals surface area contributed by atoms with Gasteiger partial charge in [0.05, 0.1) is 27.8 Å². The first-order valence-corrected chi connectivity index (χ1v) is 30.4. The van der Waals surface area contributed by atoms with Crippen molar-refractivity contribution in [1.29, 1.82) is 0 Å². The lowest BCUT2D eigenvalue weighted by Crippen LogP contribution is -2.61. The van der Waals surface area contributed by atoms with Gasteiger partial charge in [-0.1, -0.05) is 218 Å². The Hall–Kier alpha value is -11.9. The molecule has 0 radical (unpaired) electrons. The van der Waals surface area contributed by atoms with Crippen molar-refractivity contribution < 1.29 is 0 Å². The Morgan fingerprint density at radius 1 is 0.247 bits per heavy atom. The fraction of sp³-hybridized carbons (Fsp3) is 0. The second kappa shape index (κ2) is 20.4. The summed E-state index contributed by atoms with van der Waals surface area (Å²) < 4.78 is 4.88. The lowest BCUT2D eigenvalue weighted by atomic mass is 9.33. The van der Waals surface area contributed by atoms with Gasteiger partial charge in [-0.2, -0.15) is 0 Å². The standard InChI is InChI=1S/C81H52BN7/c1-5-24-54(25-6-1)79-83-80(55-26-7-2-8-27-55)85-81(84-79)64-37-22-36-61(78(64)89-70-41-18-14-35-63(70)66-51-65-62-34-13-17-40-69(62)86(75(65)52-76(66)89)58-30-9-3-10-31-58)57-29-21-28-56(50-57)53-46-48-60(49-47-53)88-72-43-20-16-39-68(72)82-67-38-15-19-42-71(67)87(59-32-11-4-12-33-59)73-44-23-45-74(88)77(73)82/h1-52H. The van der Waals surface area contributed by atoms with Crippen molar-refractivity contribution in [3.63, 3.8) is 0 Å².